The molecule has 8 heteroatoms. The van der Waals surface area contributed by atoms with E-state index >= 15 is 0 Å². The predicted octanol–water partition coefficient (Wildman–Crippen LogP) is 1.71. The van der Waals surface area contributed by atoms with E-state index in [-0.39, 0.29) is 23.8 Å². The first kappa shape index (κ1) is 22.1. The molecule has 0 bridgehead atoms. The highest BCUT2D eigenvalue weighted by molar-refractivity contribution is 5.92. The van der Waals surface area contributed by atoms with Gasteiger partial charge >= 0.3 is 0 Å². The van der Waals surface area contributed by atoms with Crippen molar-refractivity contribution in [3.8, 4) is 0 Å². The van der Waals surface area contributed by atoms with Crippen LogP contribution in [0.25, 0.3) is 0 Å². The number of nitrogens with one attached hydrogen (secondary N) is 1. The summed E-state index contributed by atoms with van der Waals surface area (Å²) >= 11 is 0. The Kier molecular flexibility index (Phi) is 6.46. The molecule has 4 atom stereocenters. The molecule has 0 aliphatic carbocycles. The molecule has 3 aliphatic rings. The number of likely N-dealkylation sites (tertiary alicyclic amines) is 2. The molecule has 3 unspecified atom stereocenters. The number of ether oxygens (including phenoxy) is 1. The zero-order valence-corrected chi connectivity index (χ0v) is 19.2. The third-order valence-corrected chi connectivity index (χ3v) is 7.33. The van der Waals surface area contributed by atoms with Crippen LogP contribution in [0.3, 0.4) is 0 Å². The Bertz CT molecular complexity index is 957. The normalized spacial score (nSPS) is 25.8. The minimum atomic E-state index is -0.0371. The minimum Gasteiger partial charge on any atom is -0.381 e. The van der Waals surface area contributed by atoms with Crippen LogP contribution in [0.15, 0.2) is 42.6 Å². The van der Waals surface area contributed by atoms with Crippen LogP contribution in [0.2, 0.25) is 0 Å². The van der Waals surface area contributed by atoms with Crippen LogP contribution >= 0.6 is 0 Å². The molecule has 3 fully saturated rings. The third kappa shape index (κ3) is 4.96. The van der Waals surface area contributed by atoms with Crippen LogP contribution in [0.4, 0.5) is 0 Å². The lowest BCUT2D eigenvalue weighted by Crippen LogP contribution is -2.37. The van der Waals surface area contributed by atoms with Crippen molar-refractivity contribution in [1.29, 1.82) is 0 Å². The molecule has 1 aromatic carbocycles. The fourth-order valence-corrected chi connectivity index (χ4v) is 5.48. The number of carbonyl (C=O) groups is 2. The molecule has 0 spiro atoms. The monoisotopic (exact) mass is 451 g/mol. The standard InChI is InChI=1S/C25H33N5O3/c1-28-10-7-23(27-28)25(32)30-15-20-13-29(14-21(20)16-30)11-8-22(18-5-3-2-4-6-18)26-24(31)19-9-12-33-17-19/h2-7,10,19-22H,8-9,11-17H2,1H3,(H,26,31)/t19?,20?,21?,22-/m0/s1. The maximum Gasteiger partial charge on any atom is 0.274 e. The number of hydrogen-bond acceptors (Lipinski definition) is 5. The smallest absolute Gasteiger partial charge is 0.274 e. The van der Waals surface area contributed by atoms with E-state index in [9.17, 15) is 9.59 Å². The van der Waals surface area contributed by atoms with Crippen LogP contribution in [-0.4, -0.2) is 77.3 Å². The average Bonchev–Trinajstić information content (AvgIpc) is 3.61. The molecule has 2 amide bonds. The van der Waals surface area contributed by atoms with Crippen molar-refractivity contribution >= 4 is 11.8 Å². The molecule has 8 nitrogen and oxygen atoms in total. The van der Waals surface area contributed by atoms with Crippen molar-refractivity contribution in [3.63, 3.8) is 0 Å². The summed E-state index contributed by atoms with van der Waals surface area (Å²) in [6, 6.07) is 12.0. The van der Waals surface area contributed by atoms with Crippen molar-refractivity contribution < 1.29 is 14.3 Å². The number of aryl methyl sites for hydroxylation is 1. The Labute approximate surface area is 194 Å². The summed E-state index contributed by atoms with van der Waals surface area (Å²) in [5, 5.41) is 7.55. The second kappa shape index (κ2) is 9.65. The first-order chi connectivity index (χ1) is 16.1. The molecule has 0 saturated carbocycles. The Morgan fingerprint density at radius 1 is 1.12 bits per heavy atom. The third-order valence-electron chi connectivity index (χ3n) is 7.33. The second-order valence-electron chi connectivity index (χ2n) is 9.69. The number of benzene rings is 1. The lowest BCUT2D eigenvalue weighted by Gasteiger charge is -2.25. The second-order valence-corrected chi connectivity index (χ2v) is 9.69. The fourth-order valence-electron chi connectivity index (χ4n) is 5.48. The van der Waals surface area contributed by atoms with Gasteiger partial charge in [-0.1, -0.05) is 30.3 Å². The van der Waals surface area contributed by atoms with Gasteiger partial charge in [0.05, 0.1) is 18.6 Å². The van der Waals surface area contributed by atoms with Crippen molar-refractivity contribution in [2.24, 2.45) is 24.8 Å². The number of carbonyl (C=O) groups excluding carboxylic acids is 2. The Hall–Kier alpha value is -2.71. The molecule has 3 aliphatic heterocycles. The molecule has 5 rings (SSSR count). The molecule has 1 N–H and O–H groups in total. The van der Waals surface area contributed by atoms with E-state index in [2.05, 4.69) is 27.4 Å². The van der Waals surface area contributed by atoms with Crippen LogP contribution < -0.4 is 5.32 Å². The average molecular weight is 452 g/mol. The van der Waals surface area contributed by atoms with Crippen molar-refractivity contribution in [3.05, 3.63) is 53.9 Å². The van der Waals surface area contributed by atoms with Gasteiger partial charge in [0.25, 0.3) is 5.91 Å². The summed E-state index contributed by atoms with van der Waals surface area (Å²) in [5.41, 5.74) is 1.68. The lowest BCUT2D eigenvalue weighted by atomic mass is 10.0. The van der Waals surface area contributed by atoms with Gasteiger partial charge in [0.2, 0.25) is 5.91 Å². The van der Waals surface area contributed by atoms with Gasteiger partial charge in [0, 0.05) is 52.6 Å². The van der Waals surface area contributed by atoms with E-state index in [0.717, 1.165) is 51.1 Å². The highest BCUT2D eigenvalue weighted by atomic mass is 16.5. The fraction of sp³-hybridized carbons (Fsp3) is 0.560. The highest BCUT2D eigenvalue weighted by Gasteiger charge is 2.42. The Balaban J connectivity index is 1.15. The largest absolute Gasteiger partial charge is 0.381 e. The molecule has 2 aromatic rings. The first-order valence-electron chi connectivity index (χ1n) is 12.0. The molecule has 0 radical (unpaired) electrons. The van der Waals surface area contributed by atoms with E-state index in [1.807, 2.05) is 36.3 Å². The molecule has 176 valence electrons. The van der Waals surface area contributed by atoms with Gasteiger partial charge in [0.1, 0.15) is 5.69 Å². The topological polar surface area (TPSA) is 79.7 Å². The van der Waals surface area contributed by atoms with Gasteiger partial charge in [-0.2, -0.15) is 5.10 Å². The summed E-state index contributed by atoms with van der Waals surface area (Å²) in [4.78, 5) is 30.0. The first-order valence-corrected chi connectivity index (χ1v) is 12.0. The number of fused-ring (bicyclic) bond motifs is 1. The quantitative estimate of drug-likeness (QED) is 0.693. The minimum absolute atomic E-state index is 0.00183. The summed E-state index contributed by atoms with van der Waals surface area (Å²) in [7, 11) is 1.83. The molecule has 4 heterocycles. The maximum atomic E-state index is 12.8. The summed E-state index contributed by atoms with van der Waals surface area (Å²) in [6.07, 6.45) is 3.49. The van der Waals surface area contributed by atoms with Gasteiger partial charge < -0.3 is 19.9 Å². The Morgan fingerprint density at radius 3 is 2.52 bits per heavy atom. The SMILES string of the molecule is Cn1ccc(C(=O)N2CC3CN(CC[C@H](NC(=O)C4CCOC4)c4ccccc4)CC3C2)n1. The summed E-state index contributed by atoms with van der Waals surface area (Å²) in [6.45, 7) is 5.74. The number of nitrogens with zero attached hydrogens (tertiary/aromatic N) is 4. The molecule has 3 saturated heterocycles. The number of rotatable bonds is 7. The van der Waals surface area contributed by atoms with Gasteiger partial charge in [-0.3, -0.25) is 14.3 Å². The van der Waals surface area contributed by atoms with Crippen LogP contribution in [0.1, 0.15) is 34.9 Å². The number of amides is 2. The van der Waals surface area contributed by atoms with Gasteiger partial charge in [-0.05, 0) is 36.3 Å². The van der Waals surface area contributed by atoms with E-state index < -0.39 is 0 Å². The van der Waals surface area contributed by atoms with Gasteiger partial charge in [0.15, 0.2) is 0 Å². The molecular weight excluding hydrogens is 418 g/mol. The maximum absolute atomic E-state index is 12.8. The predicted molar refractivity (Wildman–Crippen MR) is 123 cm³/mol. The van der Waals surface area contributed by atoms with E-state index in [4.69, 9.17) is 4.74 Å². The molecular formula is C25H33N5O3. The van der Waals surface area contributed by atoms with E-state index in [1.54, 1.807) is 10.7 Å². The van der Waals surface area contributed by atoms with Gasteiger partial charge in [-0.15, -0.1) is 0 Å². The van der Waals surface area contributed by atoms with Crippen molar-refractivity contribution in [2.75, 3.05) is 45.9 Å². The van der Waals surface area contributed by atoms with Crippen LogP contribution in [-0.2, 0) is 16.6 Å². The highest BCUT2D eigenvalue weighted by Crippen LogP contribution is 2.32. The zero-order valence-electron chi connectivity index (χ0n) is 19.2. The Morgan fingerprint density at radius 2 is 1.88 bits per heavy atom. The molecule has 1 aromatic heterocycles. The number of aromatic nitrogens is 2. The van der Waals surface area contributed by atoms with E-state index in [0.29, 0.717) is 30.7 Å². The van der Waals surface area contributed by atoms with E-state index in [1.165, 1.54) is 0 Å². The van der Waals surface area contributed by atoms with Crippen molar-refractivity contribution in [2.45, 2.75) is 18.9 Å². The van der Waals surface area contributed by atoms with Crippen LogP contribution in [0.5, 0.6) is 0 Å². The zero-order chi connectivity index (χ0) is 22.8. The van der Waals surface area contributed by atoms with Crippen LogP contribution in [0, 0.1) is 17.8 Å². The summed E-state index contributed by atoms with van der Waals surface area (Å²) in [5.74, 6) is 1.13. The van der Waals surface area contributed by atoms with Crippen molar-refractivity contribution in [1.82, 2.24) is 24.9 Å². The lowest BCUT2D eigenvalue weighted by molar-refractivity contribution is -0.125. The molecule has 33 heavy (non-hydrogen) atoms. The summed E-state index contributed by atoms with van der Waals surface area (Å²) < 4.78 is 7.08. The van der Waals surface area contributed by atoms with Gasteiger partial charge in [-0.25, -0.2) is 0 Å². The number of hydrogen-bond donors (Lipinski definition) is 1.